The monoisotopic (exact) mass is 599 g/mol. The fourth-order valence-corrected chi connectivity index (χ4v) is 6.22. The average molecular weight is 600 g/mol. The third-order valence-corrected chi connectivity index (χ3v) is 7.80. The van der Waals surface area contributed by atoms with Crippen molar-refractivity contribution in [3.05, 3.63) is 82.7 Å². The molecular weight excluding hydrogens is 550 g/mol. The smallest absolute Gasteiger partial charge is 0.340 e. The van der Waals surface area contributed by atoms with Crippen LogP contribution in [-0.4, -0.2) is 41.7 Å². The van der Waals surface area contributed by atoms with Crippen molar-refractivity contribution in [1.82, 2.24) is 10.3 Å². The van der Waals surface area contributed by atoms with Gasteiger partial charge in [0.2, 0.25) is 0 Å². The normalized spacial score (nSPS) is 17.8. The van der Waals surface area contributed by atoms with Crippen LogP contribution >= 0.6 is 0 Å². The second-order valence-electron chi connectivity index (χ2n) is 13.6. The third kappa shape index (κ3) is 8.26. The Morgan fingerprint density at radius 2 is 1.57 bits per heavy atom. The molecule has 3 atom stereocenters. The highest BCUT2D eigenvalue weighted by molar-refractivity contribution is 5.95. The van der Waals surface area contributed by atoms with Gasteiger partial charge in [-0.15, -0.1) is 0 Å². The Bertz CT molecular complexity index is 1430. The molecule has 0 radical (unpaired) electrons. The highest BCUT2D eigenvalue weighted by Gasteiger charge is 2.37. The van der Waals surface area contributed by atoms with Gasteiger partial charge in [-0.1, -0.05) is 56.3 Å². The Morgan fingerprint density at radius 1 is 0.955 bits per heavy atom. The van der Waals surface area contributed by atoms with E-state index in [2.05, 4.69) is 24.1 Å². The van der Waals surface area contributed by atoms with E-state index in [1.165, 1.54) is 0 Å². The number of aromatic nitrogens is 1. The molecule has 1 amide bonds. The Kier molecular flexibility index (Phi) is 10.5. The van der Waals surface area contributed by atoms with Gasteiger partial charge in [-0.3, -0.25) is 9.78 Å². The summed E-state index contributed by atoms with van der Waals surface area (Å²) in [5, 5.41) is 3.01. The lowest BCUT2D eigenvalue weighted by Gasteiger charge is -2.40. The molecule has 0 aliphatic carbocycles. The number of nitrogens with zero attached hydrogens (tertiary/aromatic N) is 2. The Hall–Kier alpha value is -3.71. The van der Waals surface area contributed by atoms with E-state index in [1.807, 2.05) is 103 Å². The molecule has 1 fully saturated rings. The number of anilines is 1. The van der Waals surface area contributed by atoms with Crippen LogP contribution in [0.4, 0.5) is 5.69 Å². The lowest BCUT2D eigenvalue weighted by molar-refractivity contribution is -0.171. The first-order chi connectivity index (χ1) is 20.7. The van der Waals surface area contributed by atoms with Crippen LogP contribution in [-0.2, 0) is 20.8 Å². The second kappa shape index (κ2) is 13.9. The molecule has 7 heteroatoms. The van der Waals surface area contributed by atoms with E-state index in [4.69, 9.17) is 14.5 Å². The predicted octanol–water partition coefficient (Wildman–Crippen LogP) is 7.59. The maximum Gasteiger partial charge on any atom is 0.340 e. The van der Waals surface area contributed by atoms with Crippen molar-refractivity contribution in [2.24, 2.45) is 11.8 Å². The molecule has 4 rings (SSSR count). The maximum atomic E-state index is 13.7. The summed E-state index contributed by atoms with van der Waals surface area (Å²) >= 11 is 0. The zero-order chi connectivity index (χ0) is 32.2. The summed E-state index contributed by atoms with van der Waals surface area (Å²) < 4.78 is 12.3. The quantitative estimate of drug-likeness (QED) is 0.255. The first kappa shape index (κ1) is 33.2. The third-order valence-electron chi connectivity index (χ3n) is 7.80. The molecule has 0 bridgehead atoms. The lowest BCUT2D eigenvalue weighted by Crippen LogP contribution is -2.41. The van der Waals surface area contributed by atoms with Gasteiger partial charge in [-0.25, -0.2) is 4.79 Å². The van der Waals surface area contributed by atoms with Gasteiger partial charge in [0, 0.05) is 47.7 Å². The van der Waals surface area contributed by atoms with Crippen LogP contribution < -0.4 is 10.2 Å². The molecule has 1 aliphatic heterocycles. The standard InChI is InChI=1S/C37H49N3O4/c1-23(2)43-36(42)34(44-37(7,8)9)32-27(6)39-26(5)31(33(32)40-21-24(3)19-25(4)22-40)29-15-17-30(18-16-29)35(41)38-20-28-13-11-10-12-14-28/h10-18,23-25,34H,19-22H2,1-9H3,(H,38,41)/t24?,25?,34-/m0/s1. The largest absolute Gasteiger partial charge is 0.461 e. The lowest BCUT2D eigenvalue weighted by atomic mass is 9.88. The number of ether oxygens (including phenoxy) is 2. The summed E-state index contributed by atoms with van der Waals surface area (Å²) in [6, 6.07) is 17.5. The topological polar surface area (TPSA) is 80.8 Å². The van der Waals surface area contributed by atoms with E-state index < -0.39 is 17.7 Å². The van der Waals surface area contributed by atoms with Crippen molar-refractivity contribution in [2.75, 3.05) is 18.0 Å². The summed E-state index contributed by atoms with van der Waals surface area (Å²) in [5.41, 5.74) is 6.22. The maximum absolute atomic E-state index is 13.7. The number of carbonyl (C=O) groups excluding carboxylic acids is 2. The molecule has 1 N–H and O–H groups in total. The van der Waals surface area contributed by atoms with Gasteiger partial charge in [0.05, 0.1) is 17.4 Å². The molecule has 2 heterocycles. The van der Waals surface area contributed by atoms with E-state index in [0.29, 0.717) is 23.9 Å². The fourth-order valence-electron chi connectivity index (χ4n) is 6.22. The number of esters is 1. The first-order valence-corrected chi connectivity index (χ1v) is 15.8. The molecule has 1 aliphatic rings. The minimum Gasteiger partial charge on any atom is -0.461 e. The van der Waals surface area contributed by atoms with E-state index in [0.717, 1.165) is 58.8 Å². The second-order valence-corrected chi connectivity index (χ2v) is 13.6. The van der Waals surface area contributed by atoms with Gasteiger partial charge >= 0.3 is 5.97 Å². The number of benzene rings is 2. The molecule has 7 nitrogen and oxygen atoms in total. The molecule has 1 saturated heterocycles. The van der Waals surface area contributed by atoms with E-state index in [9.17, 15) is 9.59 Å². The van der Waals surface area contributed by atoms with Crippen molar-refractivity contribution >= 4 is 17.6 Å². The SMILES string of the molecule is Cc1nc(C)c([C@H](OC(C)(C)C)C(=O)OC(C)C)c(N2CC(C)CC(C)C2)c1-c1ccc(C(=O)NCc2ccccc2)cc1. The van der Waals surface area contributed by atoms with E-state index in [-0.39, 0.29) is 12.0 Å². The predicted molar refractivity (Wildman–Crippen MR) is 177 cm³/mol. The minimum atomic E-state index is -0.949. The van der Waals surface area contributed by atoms with Gasteiger partial charge in [-0.2, -0.15) is 0 Å². The number of carbonyl (C=O) groups is 2. The number of hydrogen-bond acceptors (Lipinski definition) is 6. The molecule has 2 unspecified atom stereocenters. The number of hydrogen-bond donors (Lipinski definition) is 1. The van der Waals surface area contributed by atoms with E-state index >= 15 is 0 Å². The average Bonchev–Trinajstić information content (AvgIpc) is 2.94. The number of rotatable bonds is 9. The highest BCUT2D eigenvalue weighted by Crippen LogP contribution is 2.44. The number of amides is 1. The Labute approximate surface area is 263 Å². The van der Waals surface area contributed by atoms with Crippen molar-refractivity contribution in [3.63, 3.8) is 0 Å². The van der Waals surface area contributed by atoms with Crippen LogP contribution in [0.1, 0.15) is 93.9 Å². The van der Waals surface area contributed by atoms with Crippen LogP contribution in [0.15, 0.2) is 54.6 Å². The molecular formula is C37H49N3O4. The van der Waals surface area contributed by atoms with Crippen LogP contribution in [0, 0.1) is 25.7 Å². The molecule has 0 spiro atoms. The van der Waals surface area contributed by atoms with Crippen LogP contribution in [0.3, 0.4) is 0 Å². The molecule has 44 heavy (non-hydrogen) atoms. The molecule has 0 saturated carbocycles. The number of pyridine rings is 1. The summed E-state index contributed by atoms with van der Waals surface area (Å²) in [4.78, 5) is 34.1. The molecule has 1 aromatic heterocycles. The highest BCUT2D eigenvalue weighted by atomic mass is 16.6. The zero-order valence-corrected chi connectivity index (χ0v) is 27.9. The Balaban J connectivity index is 1.83. The molecule has 236 valence electrons. The summed E-state index contributed by atoms with van der Waals surface area (Å²) in [5.74, 6) is 0.412. The minimum absolute atomic E-state index is 0.131. The van der Waals surface area contributed by atoms with Crippen LogP contribution in [0.5, 0.6) is 0 Å². The van der Waals surface area contributed by atoms with Gasteiger partial charge in [0.25, 0.3) is 5.91 Å². The first-order valence-electron chi connectivity index (χ1n) is 15.8. The molecule has 2 aromatic carbocycles. The Morgan fingerprint density at radius 3 is 2.14 bits per heavy atom. The zero-order valence-electron chi connectivity index (χ0n) is 27.9. The van der Waals surface area contributed by atoms with Gasteiger partial charge in [-0.05, 0) is 90.0 Å². The molecule has 3 aromatic rings. The van der Waals surface area contributed by atoms with Gasteiger partial charge in [0.1, 0.15) is 0 Å². The van der Waals surface area contributed by atoms with Gasteiger partial charge in [0.15, 0.2) is 6.10 Å². The van der Waals surface area contributed by atoms with Crippen molar-refractivity contribution < 1.29 is 19.1 Å². The summed E-state index contributed by atoms with van der Waals surface area (Å²) in [6.07, 6.45) is -0.0884. The summed E-state index contributed by atoms with van der Waals surface area (Å²) in [6.45, 7) is 20.3. The van der Waals surface area contributed by atoms with Crippen LogP contribution in [0.25, 0.3) is 11.1 Å². The summed E-state index contributed by atoms with van der Waals surface area (Å²) in [7, 11) is 0. The van der Waals surface area contributed by atoms with Crippen LogP contribution in [0.2, 0.25) is 0 Å². The van der Waals surface area contributed by atoms with Crippen molar-refractivity contribution in [2.45, 2.75) is 93.1 Å². The van der Waals surface area contributed by atoms with Crippen molar-refractivity contribution in [3.8, 4) is 11.1 Å². The van der Waals surface area contributed by atoms with Gasteiger partial charge < -0.3 is 19.7 Å². The number of piperidine rings is 1. The van der Waals surface area contributed by atoms with E-state index in [1.54, 1.807) is 0 Å². The van der Waals surface area contributed by atoms with Crippen molar-refractivity contribution in [1.29, 1.82) is 0 Å². The number of aryl methyl sites for hydroxylation is 2. The number of nitrogens with one attached hydrogen (secondary N) is 1. The fraction of sp³-hybridized carbons (Fsp3) is 0.486.